The van der Waals surface area contributed by atoms with E-state index < -0.39 is 0 Å². The zero-order valence-corrected chi connectivity index (χ0v) is 13.3. The molecule has 2 rings (SSSR count). The number of likely N-dealkylation sites (N-methyl/N-ethyl adjacent to an activating group) is 1. The summed E-state index contributed by atoms with van der Waals surface area (Å²) < 4.78 is 0. The average Bonchev–Trinajstić information content (AvgIpc) is 2.45. The Morgan fingerprint density at radius 1 is 0.952 bits per heavy atom. The molecule has 0 fully saturated rings. The van der Waals surface area contributed by atoms with Crippen molar-refractivity contribution in [2.45, 2.75) is 33.7 Å². The Morgan fingerprint density at radius 3 is 2.24 bits per heavy atom. The molecule has 21 heavy (non-hydrogen) atoms. The van der Waals surface area contributed by atoms with Crippen molar-refractivity contribution in [2.24, 2.45) is 0 Å². The van der Waals surface area contributed by atoms with Crippen LogP contribution in [0.25, 0.3) is 0 Å². The molecule has 0 aromatic heterocycles. The van der Waals surface area contributed by atoms with Crippen LogP contribution < -0.4 is 0 Å². The Balaban J connectivity index is 2.02. The number of aryl methyl sites for hydroxylation is 3. The van der Waals surface area contributed by atoms with Crippen LogP contribution in [0.15, 0.2) is 42.5 Å². The maximum atomic E-state index is 12.4. The molecular formula is C19H23NO. The second-order valence-electron chi connectivity index (χ2n) is 5.84. The Hall–Kier alpha value is -2.09. The fourth-order valence-corrected chi connectivity index (χ4v) is 2.34. The van der Waals surface area contributed by atoms with Gasteiger partial charge in [-0.25, -0.2) is 0 Å². The minimum Gasteiger partial charge on any atom is -0.341 e. The van der Waals surface area contributed by atoms with Crippen LogP contribution in [-0.2, 0) is 17.8 Å². The summed E-state index contributed by atoms with van der Waals surface area (Å²) in [4.78, 5) is 14.2. The summed E-state index contributed by atoms with van der Waals surface area (Å²) in [6.45, 7) is 6.84. The van der Waals surface area contributed by atoms with Crippen LogP contribution in [0.3, 0.4) is 0 Å². The first-order valence-electron chi connectivity index (χ1n) is 7.31. The van der Waals surface area contributed by atoms with Gasteiger partial charge in [0.05, 0.1) is 6.42 Å². The fraction of sp³-hybridized carbons (Fsp3) is 0.316. The van der Waals surface area contributed by atoms with Gasteiger partial charge in [-0.2, -0.15) is 0 Å². The van der Waals surface area contributed by atoms with Gasteiger partial charge in [0.1, 0.15) is 0 Å². The summed E-state index contributed by atoms with van der Waals surface area (Å²) in [6, 6.07) is 14.6. The highest BCUT2D eigenvalue weighted by Gasteiger charge is 2.11. The quantitative estimate of drug-likeness (QED) is 0.834. The van der Waals surface area contributed by atoms with E-state index in [1.807, 2.05) is 7.05 Å². The highest BCUT2D eigenvalue weighted by Crippen LogP contribution is 2.13. The van der Waals surface area contributed by atoms with Gasteiger partial charge in [0.15, 0.2) is 0 Å². The van der Waals surface area contributed by atoms with Crippen molar-refractivity contribution < 1.29 is 4.79 Å². The first-order chi connectivity index (χ1) is 9.95. The maximum Gasteiger partial charge on any atom is 0.227 e. The lowest BCUT2D eigenvalue weighted by molar-refractivity contribution is -0.129. The number of rotatable bonds is 4. The van der Waals surface area contributed by atoms with Crippen molar-refractivity contribution in [3.63, 3.8) is 0 Å². The van der Waals surface area contributed by atoms with Crippen LogP contribution >= 0.6 is 0 Å². The van der Waals surface area contributed by atoms with Crippen molar-refractivity contribution >= 4 is 5.91 Å². The SMILES string of the molecule is Cc1ccc(CN(C)C(=O)Cc2cc(C)ccc2C)cc1. The van der Waals surface area contributed by atoms with E-state index >= 15 is 0 Å². The van der Waals surface area contributed by atoms with E-state index in [1.165, 1.54) is 16.7 Å². The molecule has 2 nitrogen and oxygen atoms in total. The lowest BCUT2D eigenvalue weighted by atomic mass is 10.0. The van der Waals surface area contributed by atoms with E-state index in [1.54, 1.807) is 4.90 Å². The van der Waals surface area contributed by atoms with Gasteiger partial charge in [0.25, 0.3) is 0 Å². The molecule has 0 aliphatic rings. The maximum absolute atomic E-state index is 12.4. The number of benzene rings is 2. The predicted octanol–water partition coefficient (Wildman–Crippen LogP) is 3.81. The van der Waals surface area contributed by atoms with Gasteiger partial charge in [-0.15, -0.1) is 0 Å². The second-order valence-corrected chi connectivity index (χ2v) is 5.84. The highest BCUT2D eigenvalue weighted by molar-refractivity contribution is 5.79. The largest absolute Gasteiger partial charge is 0.341 e. The van der Waals surface area contributed by atoms with E-state index in [0.29, 0.717) is 13.0 Å². The molecule has 2 heteroatoms. The fourth-order valence-electron chi connectivity index (χ4n) is 2.34. The normalized spacial score (nSPS) is 10.5. The number of carbonyl (C=O) groups excluding carboxylic acids is 1. The molecular weight excluding hydrogens is 258 g/mol. The molecule has 1 amide bonds. The van der Waals surface area contributed by atoms with Gasteiger partial charge in [-0.3, -0.25) is 4.79 Å². The Kier molecular flexibility index (Phi) is 4.79. The van der Waals surface area contributed by atoms with E-state index in [0.717, 1.165) is 11.1 Å². The monoisotopic (exact) mass is 281 g/mol. The molecule has 0 aliphatic heterocycles. The van der Waals surface area contributed by atoms with Gasteiger partial charge < -0.3 is 4.90 Å². The standard InChI is InChI=1S/C19H23NO/c1-14-6-9-17(10-7-14)13-20(4)19(21)12-18-11-15(2)5-8-16(18)3/h5-11H,12-13H2,1-4H3. The van der Waals surface area contributed by atoms with E-state index in [-0.39, 0.29) is 5.91 Å². The molecule has 0 bridgehead atoms. The molecule has 0 saturated heterocycles. The van der Waals surface area contributed by atoms with Crippen LogP contribution in [-0.4, -0.2) is 17.9 Å². The molecule has 0 radical (unpaired) electrons. The number of nitrogens with zero attached hydrogens (tertiary/aromatic N) is 1. The molecule has 0 aliphatic carbocycles. The smallest absolute Gasteiger partial charge is 0.227 e. The van der Waals surface area contributed by atoms with Crippen molar-refractivity contribution in [2.75, 3.05) is 7.05 Å². The van der Waals surface area contributed by atoms with Crippen LogP contribution in [0.4, 0.5) is 0 Å². The summed E-state index contributed by atoms with van der Waals surface area (Å²) in [7, 11) is 1.87. The zero-order valence-electron chi connectivity index (χ0n) is 13.3. The molecule has 0 N–H and O–H groups in total. The molecule has 0 saturated carbocycles. The lowest BCUT2D eigenvalue weighted by Gasteiger charge is -2.18. The van der Waals surface area contributed by atoms with Gasteiger partial charge in [0, 0.05) is 13.6 Å². The van der Waals surface area contributed by atoms with E-state index in [9.17, 15) is 4.79 Å². The third-order valence-corrected chi connectivity index (χ3v) is 3.81. The molecule has 110 valence electrons. The minimum absolute atomic E-state index is 0.157. The van der Waals surface area contributed by atoms with Gasteiger partial charge in [-0.1, -0.05) is 53.6 Å². The summed E-state index contributed by atoms with van der Waals surface area (Å²) in [5.74, 6) is 0.157. The van der Waals surface area contributed by atoms with Crippen LogP contribution in [0.1, 0.15) is 27.8 Å². The minimum atomic E-state index is 0.157. The van der Waals surface area contributed by atoms with Crippen molar-refractivity contribution in [3.05, 3.63) is 70.3 Å². The summed E-state index contributed by atoms with van der Waals surface area (Å²) in [5, 5.41) is 0. The van der Waals surface area contributed by atoms with Crippen LogP contribution in [0.5, 0.6) is 0 Å². The Bertz CT molecular complexity index is 629. The number of hydrogen-bond acceptors (Lipinski definition) is 1. The topological polar surface area (TPSA) is 20.3 Å². The first kappa shape index (κ1) is 15.3. The third kappa shape index (κ3) is 4.19. The molecule has 0 atom stereocenters. The molecule has 0 spiro atoms. The van der Waals surface area contributed by atoms with Crippen molar-refractivity contribution in [1.82, 2.24) is 4.90 Å². The molecule has 0 heterocycles. The predicted molar refractivity (Wildman–Crippen MR) is 87.3 cm³/mol. The first-order valence-corrected chi connectivity index (χ1v) is 7.31. The number of amides is 1. The van der Waals surface area contributed by atoms with Gasteiger partial charge in [-0.05, 0) is 37.5 Å². The van der Waals surface area contributed by atoms with E-state index in [2.05, 4.69) is 63.2 Å². The summed E-state index contributed by atoms with van der Waals surface area (Å²) in [5.41, 5.74) is 5.90. The number of hydrogen-bond donors (Lipinski definition) is 0. The highest BCUT2D eigenvalue weighted by atomic mass is 16.2. The van der Waals surface area contributed by atoms with Crippen molar-refractivity contribution in [3.8, 4) is 0 Å². The lowest BCUT2D eigenvalue weighted by Crippen LogP contribution is -2.28. The second kappa shape index (κ2) is 6.57. The van der Waals surface area contributed by atoms with Crippen LogP contribution in [0.2, 0.25) is 0 Å². The third-order valence-electron chi connectivity index (χ3n) is 3.81. The van der Waals surface area contributed by atoms with E-state index in [4.69, 9.17) is 0 Å². The summed E-state index contributed by atoms with van der Waals surface area (Å²) in [6.07, 6.45) is 0.468. The molecule has 2 aromatic rings. The Labute approximate surface area is 127 Å². The van der Waals surface area contributed by atoms with Gasteiger partial charge in [0.2, 0.25) is 5.91 Å². The number of carbonyl (C=O) groups is 1. The zero-order chi connectivity index (χ0) is 15.4. The van der Waals surface area contributed by atoms with Crippen LogP contribution in [0, 0.1) is 20.8 Å². The summed E-state index contributed by atoms with van der Waals surface area (Å²) >= 11 is 0. The molecule has 2 aromatic carbocycles. The molecule has 0 unspecified atom stereocenters. The van der Waals surface area contributed by atoms with Gasteiger partial charge >= 0.3 is 0 Å². The Morgan fingerprint density at radius 2 is 1.57 bits per heavy atom. The van der Waals surface area contributed by atoms with Crippen molar-refractivity contribution in [1.29, 1.82) is 0 Å². The average molecular weight is 281 g/mol.